The third kappa shape index (κ3) is 2.40. The molecule has 0 saturated carbocycles. The zero-order valence-electron chi connectivity index (χ0n) is 13.7. The van der Waals surface area contributed by atoms with E-state index < -0.39 is 0 Å². The van der Waals surface area contributed by atoms with Gasteiger partial charge in [0.15, 0.2) is 5.75 Å². The van der Waals surface area contributed by atoms with Crippen molar-refractivity contribution in [2.45, 2.75) is 25.9 Å². The summed E-state index contributed by atoms with van der Waals surface area (Å²) in [5.41, 5.74) is 1.71. The van der Waals surface area contributed by atoms with Crippen LogP contribution >= 0.6 is 0 Å². The Hall–Kier alpha value is -2.88. The second-order valence-corrected chi connectivity index (χ2v) is 6.62. The summed E-state index contributed by atoms with van der Waals surface area (Å²) in [7, 11) is 0. The van der Waals surface area contributed by atoms with Crippen molar-refractivity contribution < 1.29 is 9.84 Å². The van der Waals surface area contributed by atoms with Gasteiger partial charge in [0.2, 0.25) is 0 Å². The first-order valence-electron chi connectivity index (χ1n) is 7.97. The summed E-state index contributed by atoms with van der Waals surface area (Å²) in [5, 5.41) is 21.2. The van der Waals surface area contributed by atoms with E-state index in [1.54, 1.807) is 0 Å². The maximum Gasteiger partial charge on any atom is 0.150 e. The number of phenolic OH excluding ortho intramolecular Hbond substituents is 1. The zero-order valence-corrected chi connectivity index (χ0v) is 13.7. The number of azo groups is 1. The number of benzene rings is 3. The second kappa shape index (κ2) is 5.34. The van der Waals surface area contributed by atoms with Gasteiger partial charge in [-0.25, -0.2) is 0 Å². The highest BCUT2D eigenvalue weighted by molar-refractivity contribution is 6.01. The molecule has 1 N–H and O–H groups in total. The van der Waals surface area contributed by atoms with Gasteiger partial charge in [0.25, 0.3) is 0 Å². The third-order valence-corrected chi connectivity index (χ3v) is 4.21. The molecule has 3 aromatic rings. The van der Waals surface area contributed by atoms with Crippen LogP contribution in [0.2, 0.25) is 0 Å². The standard InChI is InChI=1S/C20H18N2O2/c1-20(2)12-16-18(23)17(22-21-13-8-4-3-5-9-13)14-10-6-7-11-15(14)19(16)24-20/h3-11,23H,12H2,1-2H3. The molecule has 1 aliphatic rings. The first-order valence-corrected chi connectivity index (χ1v) is 7.97. The summed E-state index contributed by atoms with van der Waals surface area (Å²) in [4.78, 5) is 0. The van der Waals surface area contributed by atoms with Gasteiger partial charge < -0.3 is 9.84 Å². The molecule has 0 atom stereocenters. The molecule has 0 aromatic heterocycles. The Balaban J connectivity index is 1.92. The molecule has 0 bridgehead atoms. The van der Waals surface area contributed by atoms with E-state index in [0.29, 0.717) is 12.1 Å². The van der Waals surface area contributed by atoms with Crippen LogP contribution in [0.4, 0.5) is 11.4 Å². The molecule has 4 rings (SSSR count). The van der Waals surface area contributed by atoms with Crippen LogP contribution in [0.1, 0.15) is 19.4 Å². The van der Waals surface area contributed by atoms with Crippen LogP contribution in [0, 0.1) is 0 Å². The average Bonchev–Trinajstić information content (AvgIpc) is 2.92. The van der Waals surface area contributed by atoms with Crippen molar-refractivity contribution in [3.05, 3.63) is 60.2 Å². The van der Waals surface area contributed by atoms with Crippen molar-refractivity contribution in [3.8, 4) is 11.5 Å². The lowest BCUT2D eigenvalue weighted by Gasteiger charge is -2.17. The van der Waals surface area contributed by atoms with Crippen LogP contribution in [0.15, 0.2) is 64.8 Å². The van der Waals surface area contributed by atoms with Gasteiger partial charge in [-0.15, -0.1) is 5.11 Å². The smallest absolute Gasteiger partial charge is 0.150 e. The van der Waals surface area contributed by atoms with Crippen LogP contribution in [-0.2, 0) is 6.42 Å². The lowest BCUT2D eigenvalue weighted by atomic mass is 9.97. The normalized spacial score (nSPS) is 15.6. The van der Waals surface area contributed by atoms with Crippen LogP contribution in [0.3, 0.4) is 0 Å². The Morgan fingerprint density at radius 3 is 2.33 bits per heavy atom. The van der Waals surface area contributed by atoms with E-state index in [2.05, 4.69) is 10.2 Å². The molecule has 1 heterocycles. The fraction of sp³-hybridized carbons (Fsp3) is 0.200. The van der Waals surface area contributed by atoms with Gasteiger partial charge in [0.05, 0.1) is 5.69 Å². The van der Waals surface area contributed by atoms with E-state index in [1.165, 1.54) is 0 Å². The van der Waals surface area contributed by atoms with Crippen molar-refractivity contribution in [1.29, 1.82) is 0 Å². The molecule has 4 heteroatoms. The maximum atomic E-state index is 10.8. The summed E-state index contributed by atoms with van der Waals surface area (Å²) in [5.74, 6) is 0.917. The molecule has 4 nitrogen and oxygen atoms in total. The van der Waals surface area contributed by atoms with Crippen LogP contribution in [0.5, 0.6) is 11.5 Å². The number of hydrogen-bond donors (Lipinski definition) is 1. The van der Waals surface area contributed by atoms with Gasteiger partial charge in [-0.05, 0) is 26.0 Å². The summed E-state index contributed by atoms with van der Waals surface area (Å²) < 4.78 is 6.07. The van der Waals surface area contributed by atoms with Gasteiger partial charge in [-0.1, -0.05) is 42.5 Å². The topological polar surface area (TPSA) is 54.2 Å². The van der Waals surface area contributed by atoms with Crippen LogP contribution in [0.25, 0.3) is 10.8 Å². The molecule has 0 fully saturated rings. The highest BCUT2D eigenvalue weighted by atomic mass is 16.5. The predicted molar refractivity (Wildman–Crippen MR) is 94.6 cm³/mol. The fourth-order valence-corrected chi connectivity index (χ4v) is 3.15. The van der Waals surface area contributed by atoms with Crippen LogP contribution in [-0.4, -0.2) is 10.7 Å². The van der Waals surface area contributed by atoms with Gasteiger partial charge in [0, 0.05) is 22.8 Å². The SMILES string of the molecule is CC1(C)Cc2c(O)c(N=Nc3ccccc3)c3ccccc3c2O1. The number of rotatable bonds is 2. The maximum absolute atomic E-state index is 10.8. The summed E-state index contributed by atoms with van der Waals surface area (Å²) >= 11 is 0. The number of hydrogen-bond acceptors (Lipinski definition) is 4. The molecule has 0 amide bonds. The second-order valence-electron chi connectivity index (χ2n) is 6.62. The minimum absolute atomic E-state index is 0.161. The average molecular weight is 318 g/mol. The molecule has 0 spiro atoms. The monoisotopic (exact) mass is 318 g/mol. The Bertz CT molecular complexity index is 947. The Labute approximate surface area is 140 Å². The lowest BCUT2D eigenvalue weighted by molar-refractivity contribution is 0.140. The minimum atomic E-state index is -0.336. The molecule has 120 valence electrons. The molecule has 24 heavy (non-hydrogen) atoms. The Morgan fingerprint density at radius 2 is 1.58 bits per heavy atom. The predicted octanol–water partition coefficient (Wildman–Crippen LogP) is 5.67. The molecular weight excluding hydrogens is 300 g/mol. The van der Waals surface area contributed by atoms with E-state index in [1.807, 2.05) is 68.4 Å². The molecule has 0 aliphatic carbocycles. The van der Waals surface area contributed by atoms with Crippen molar-refractivity contribution in [3.63, 3.8) is 0 Å². The van der Waals surface area contributed by atoms with Gasteiger partial charge >= 0.3 is 0 Å². The third-order valence-electron chi connectivity index (χ3n) is 4.21. The number of ether oxygens (including phenoxy) is 1. The van der Waals surface area contributed by atoms with E-state index in [0.717, 1.165) is 27.8 Å². The highest BCUT2D eigenvalue weighted by Gasteiger charge is 2.35. The largest absolute Gasteiger partial charge is 0.505 e. The molecule has 3 aromatic carbocycles. The van der Waals surface area contributed by atoms with E-state index >= 15 is 0 Å². The lowest BCUT2D eigenvalue weighted by Crippen LogP contribution is -2.24. The van der Waals surface area contributed by atoms with Crippen molar-refractivity contribution in [2.24, 2.45) is 10.2 Å². The van der Waals surface area contributed by atoms with Gasteiger partial charge in [0.1, 0.15) is 17.0 Å². The first-order chi connectivity index (χ1) is 11.6. The van der Waals surface area contributed by atoms with E-state index in [9.17, 15) is 5.11 Å². The Morgan fingerprint density at radius 1 is 0.917 bits per heavy atom. The summed E-state index contributed by atoms with van der Waals surface area (Å²) in [6.45, 7) is 4.04. The van der Waals surface area contributed by atoms with Crippen LogP contribution < -0.4 is 4.74 Å². The first kappa shape index (κ1) is 14.7. The van der Waals surface area contributed by atoms with Crippen molar-refractivity contribution in [1.82, 2.24) is 0 Å². The summed E-state index contributed by atoms with van der Waals surface area (Å²) in [6.07, 6.45) is 0.646. The summed E-state index contributed by atoms with van der Waals surface area (Å²) in [6, 6.07) is 17.3. The molecule has 0 unspecified atom stereocenters. The van der Waals surface area contributed by atoms with E-state index in [-0.39, 0.29) is 11.4 Å². The number of fused-ring (bicyclic) bond motifs is 3. The van der Waals surface area contributed by atoms with Crippen molar-refractivity contribution >= 4 is 22.1 Å². The molecule has 1 aliphatic heterocycles. The number of aromatic hydroxyl groups is 1. The fourth-order valence-electron chi connectivity index (χ4n) is 3.15. The molecule has 0 radical (unpaired) electrons. The van der Waals surface area contributed by atoms with Gasteiger partial charge in [-0.3, -0.25) is 0 Å². The number of nitrogens with zero attached hydrogens (tertiary/aromatic N) is 2. The highest BCUT2D eigenvalue weighted by Crippen LogP contribution is 2.51. The number of phenols is 1. The van der Waals surface area contributed by atoms with Gasteiger partial charge in [-0.2, -0.15) is 5.11 Å². The van der Waals surface area contributed by atoms with E-state index in [4.69, 9.17) is 4.74 Å². The molecule has 0 saturated heterocycles. The molecular formula is C20H18N2O2. The van der Waals surface area contributed by atoms with Crippen molar-refractivity contribution in [2.75, 3.05) is 0 Å². The Kier molecular flexibility index (Phi) is 3.27. The minimum Gasteiger partial charge on any atom is -0.505 e. The quantitative estimate of drug-likeness (QED) is 0.618. The zero-order chi connectivity index (χ0) is 16.7.